The van der Waals surface area contributed by atoms with Crippen molar-refractivity contribution in [2.24, 2.45) is 5.14 Å². The van der Waals surface area contributed by atoms with Crippen LogP contribution in [0.5, 0.6) is 5.75 Å². The lowest BCUT2D eigenvalue weighted by Gasteiger charge is -2.08. The fourth-order valence-corrected chi connectivity index (χ4v) is 2.90. The number of benzene rings is 2. The maximum atomic E-state index is 12.1. The van der Waals surface area contributed by atoms with Gasteiger partial charge in [-0.25, -0.2) is 13.6 Å². The summed E-state index contributed by atoms with van der Waals surface area (Å²) in [6.07, 6.45) is 0.0754. The van der Waals surface area contributed by atoms with Gasteiger partial charge in [0.05, 0.1) is 11.3 Å². The third-order valence-electron chi connectivity index (χ3n) is 4.15. The van der Waals surface area contributed by atoms with Gasteiger partial charge in [-0.05, 0) is 55.3 Å². The van der Waals surface area contributed by atoms with Gasteiger partial charge in [-0.15, -0.1) is 0 Å². The fraction of sp³-hybridized carbons (Fsp3) is 0.300. The summed E-state index contributed by atoms with van der Waals surface area (Å²) < 4.78 is 32.7. The molecule has 2 N–H and O–H groups in total. The minimum atomic E-state index is -3.75. The second kappa shape index (κ2) is 9.48. The first-order valence-electron chi connectivity index (χ1n) is 8.68. The fourth-order valence-electron chi connectivity index (χ4n) is 2.39. The average molecular weight is 405 g/mol. The molecule has 28 heavy (non-hydrogen) atoms. The summed E-state index contributed by atoms with van der Waals surface area (Å²) in [7, 11) is -3.75. The topological polar surface area (TPSA) is 113 Å². The lowest BCUT2D eigenvalue weighted by molar-refractivity contribution is -0.144. The Morgan fingerprint density at radius 1 is 0.929 bits per heavy atom. The molecule has 0 fully saturated rings. The Morgan fingerprint density at radius 3 is 2.21 bits per heavy atom. The van der Waals surface area contributed by atoms with Gasteiger partial charge in [0.15, 0.2) is 5.78 Å². The van der Waals surface area contributed by atoms with Crippen LogP contribution in [0.25, 0.3) is 0 Å². The van der Waals surface area contributed by atoms with Crippen molar-refractivity contribution in [3.8, 4) is 5.75 Å². The number of sulfonamides is 1. The SMILES string of the molecule is Cc1ccc(C(=O)CCC(=O)OCCOc2ccc(S(N)(=O)=O)cc2)cc1C. The number of ether oxygens (including phenoxy) is 2. The Balaban J connectivity index is 1.70. The molecule has 0 unspecified atom stereocenters. The highest BCUT2D eigenvalue weighted by Crippen LogP contribution is 2.15. The lowest BCUT2D eigenvalue weighted by Crippen LogP contribution is -2.14. The van der Waals surface area contributed by atoms with Crippen molar-refractivity contribution in [2.45, 2.75) is 31.6 Å². The van der Waals surface area contributed by atoms with Crippen LogP contribution < -0.4 is 9.88 Å². The van der Waals surface area contributed by atoms with Gasteiger partial charge in [0.1, 0.15) is 19.0 Å². The van der Waals surface area contributed by atoms with E-state index < -0.39 is 16.0 Å². The van der Waals surface area contributed by atoms with Crippen LogP contribution in [-0.2, 0) is 19.6 Å². The second-order valence-corrected chi connectivity index (χ2v) is 7.87. The predicted molar refractivity (Wildman–Crippen MR) is 104 cm³/mol. The zero-order valence-corrected chi connectivity index (χ0v) is 16.6. The van der Waals surface area contributed by atoms with Gasteiger partial charge in [-0.3, -0.25) is 9.59 Å². The minimum absolute atomic E-state index is 0.00514. The number of esters is 1. The number of primary sulfonamides is 1. The molecule has 2 aromatic carbocycles. The first kappa shape index (κ1) is 21.6. The van der Waals surface area contributed by atoms with Crippen LogP contribution in [0, 0.1) is 13.8 Å². The molecular formula is C20H23NO6S. The van der Waals surface area contributed by atoms with Gasteiger partial charge in [-0.2, -0.15) is 0 Å². The summed E-state index contributed by atoms with van der Waals surface area (Å²) in [6, 6.07) is 11.0. The van der Waals surface area contributed by atoms with E-state index in [-0.39, 0.29) is 36.7 Å². The molecule has 2 aromatic rings. The third-order valence-corrected chi connectivity index (χ3v) is 5.08. The molecule has 0 aliphatic rings. The molecule has 0 aliphatic heterocycles. The predicted octanol–water partition coefficient (Wildman–Crippen LogP) is 2.54. The van der Waals surface area contributed by atoms with E-state index in [0.717, 1.165) is 11.1 Å². The molecule has 0 spiro atoms. The van der Waals surface area contributed by atoms with Gasteiger partial charge >= 0.3 is 5.97 Å². The van der Waals surface area contributed by atoms with Crippen molar-refractivity contribution >= 4 is 21.8 Å². The molecular weight excluding hydrogens is 382 g/mol. The van der Waals surface area contributed by atoms with Crippen molar-refractivity contribution in [2.75, 3.05) is 13.2 Å². The van der Waals surface area contributed by atoms with E-state index in [1.165, 1.54) is 24.3 Å². The Kier molecular flexibility index (Phi) is 7.31. The number of nitrogens with two attached hydrogens (primary N) is 1. The number of rotatable bonds is 9. The van der Waals surface area contributed by atoms with Crippen LogP contribution in [0.2, 0.25) is 0 Å². The first-order chi connectivity index (χ1) is 13.2. The molecule has 8 heteroatoms. The number of hydrogen-bond donors (Lipinski definition) is 1. The monoisotopic (exact) mass is 405 g/mol. The normalized spacial score (nSPS) is 11.1. The van der Waals surface area contributed by atoms with Crippen LogP contribution in [-0.4, -0.2) is 33.4 Å². The van der Waals surface area contributed by atoms with Gasteiger partial charge in [-0.1, -0.05) is 12.1 Å². The maximum absolute atomic E-state index is 12.1. The quantitative estimate of drug-likeness (QED) is 0.390. The summed E-state index contributed by atoms with van der Waals surface area (Å²) in [5, 5.41) is 5.01. The molecule has 0 radical (unpaired) electrons. The van der Waals surface area contributed by atoms with Crippen LogP contribution in [0.3, 0.4) is 0 Å². The van der Waals surface area contributed by atoms with Crippen molar-refractivity contribution < 1.29 is 27.5 Å². The van der Waals surface area contributed by atoms with E-state index >= 15 is 0 Å². The Hall–Kier alpha value is -2.71. The molecule has 0 aliphatic carbocycles. The highest BCUT2D eigenvalue weighted by atomic mass is 32.2. The van der Waals surface area contributed by atoms with Crippen molar-refractivity contribution in [1.29, 1.82) is 0 Å². The molecule has 0 amide bonds. The molecule has 0 heterocycles. The molecule has 0 saturated heterocycles. The van der Waals surface area contributed by atoms with E-state index in [0.29, 0.717) is 11.3 Å². The zero-order chi connectivity index (χ0) is 20.7. The first-order valence-corrected chi connectivity index (χ1v) is 10.2. The Morgan fingerprint density at radius 2 is 1.61 bits per heavy atom. The molecule has 150 valence electrons. The van der Waals surface area contributed by atoms with E-state index in [2.05, 4.69) is 0 Å². The Bertz CT molecular complexity index is 951. The van der Waals surface area contributed by atoms with Crippen LogP contribution in [0.4, 0.5) is 0 Å². The largest absolute Gasteiger partial charge is 0.490 e. The van der Waals surface area contributed by atoms with Crippen LogP contribution >= 0.6 is 0 Å². The van der Waals surface area contributed by atoms with Gasteiger partial charge < -0.3 is 9.47 Å². The van der Waals surface area contributed by atoms with Crippen molar-refractivity contribution in [3.05, 3.63) is 59.2 Å². The second-order valence-electron chi connectivity index (χ2n) is 6.31. The smallest absolute Gasteiger partial charge is 0.306 e. The molecule has 0 saturated carbocycles. The standard InChI is InChI=1S/C20H23NO6S/c1-14-3-4-16(13-15(14)2)19(22)9-10-20(23)27-12-11-26-17-5-7-18(8-6-17)28(21,24)25/h3-8,13H,9-12H2,1-2H3,(H2,21,24,25). The summed E-state index contributed by atoms with van der Waals surface area (Å²) in [5.41, 5.74) is 2.72. The summed E-state index contributed by atoms with van der Waals surface area (Å²) in [5.74, 6) is -0.162. The Labute approximate surface area is 164 Å². The number of aryl methyl sites for hydroxylation is 2. The van der Waals surface area contributed by atoms with Gasteiger partial charge in [0.2, 0.25) is 10.0 Å². The number of Topliss-reactive ketones (excluding diaryl/α,β-unsaturated/α-hetero) is 1. The molecule has 0 aromatic heterocycles. The van der Waals surface area contributed by atoms with E-state index in [1.807, 2.05) is 26.0 Å². The van der Waals surface area contributed by atoms with E-state index in [4.69, 9.17) is 14.6 Å². The van der Waals surface area contributed by atoms with E-state index in [9.17, 15) is 18.0 Å². The van der Waals surface area contributed by atoms with Crippen LogP contribution in [0.15, 0.2) is 47.4 Å². The van der Waals surface area contributed by atoms with E-state index in [1.54, 1.807) is 6.07 Å². The number of hydrogen-bond acceptors (Lipinski definition) is 6. The third kappa shape index (κ3) is 6.47. The molecule has 2 rings (SSSR count). The lowest BCUT2D eigenvalue weighted by atomic mass is 10.0. The number of ketones is 1. The highest BCUT2D eigenvalue weighted by Gasteiger charge is 2.11. The average Bonchev–Trinajstić information content (AvgIpc) is 2.65. The minimum Gasteiger partial charge on any atom is -0.490 e. The van der Waals surface area contributed by atoms with Crippen LogP contribution in [0.1, 0.15) is 34.3 Å². The number of carbonyl (C=O) groups excluding carboxylic acids is 2. The van der Waals surface area contributed by atoms with Crippen molar-refractivity contribution in [3.63, 3.8) is 0 Å². The van der Waals surface area contributed by atoms with Gasteiger partial charge in [0.25, 0.3) is 0 Å². The highest BCUT2D eigenvalue weighted by molar-refractivity contribution is 7.89. The summed E-state index contributed by atoms with van der Waals surface area (Å²) in [6.45, 7) is 4.03. The maximum Gasteiger partial charge on any atom is 0.306 e. The van der Waals surface area contributed by atoms with Gasteiger partial charge in [0, 0.05) is 12.0 Å². The zero-order valence-electron chi connectivity index (χ0n) is 15.8. The van der Waals surface area contributed by atoms with Crippen molar-refractivity contribution in [1.82, 2.24) is 0 Å². The molecule has 7 nitrogen and oxygen atoms in total. The number of carbonyl (C=O) groups is 2. The molecule has 0 bridgehead atoms. The summed E-state index contributed by atoms with van der Waals surface area (Å²) in [4.78, 5) is 23.9. The summed E-state index contributed by atoms with van der Waals surface area (Å²) >= 11 is 0. The molecule has 0 atom stereocenters.